The number of hydrogen-bond donors (Lipinski definition) is 1. The Labute approximate surface area is 73.0 Å². The highest BCUT2D eigenvalue weighted by molar-refractivity contribution is 7.89. The number of rotatable bonds is 5. The molecule has 0 amide bonds. The highest BCUT2D eigenvalue weighted by Crippen LogP contribution is 2.08. The normalized spacial score (nSPS) is 14.8. The summed E-state index contributed by atoms with van der Waals surface area (Å²) in [6.45, 7) is 2.03. The SMILES string of the molecule is CCCCC(Cl)CS(N)(=O)=O. The summed E-state index contributed by atoms with van der Waals surface area (Å²) >= 11 is 5.69. The van der Waals surface area contributed by atoms with Crippen LogP contribution in [0.5, 0.6) is 0 Å². The lowest BCUT2D eigenvalue weighted by atomic mass is 10.2. The molecule has 0 aliphatic carbocycles. The molecular formula is C6H14ClNO2S. The predicted molar refractivity (Wildman–Crippen MR) is 47.1 cm³/mol. The summed E-state index contributed by atoms with van der Waals surface area (Å²) in [5, 5.41) is 4.47. The van der Waals surface area contributed by atoms with Gasteiger partial charge in [-0.15, -0.1) is 11.6 Å². The molecule has 0 aromatic carbocycles. The van der Waals surface area contributed by atoms with Gasteiger partial charge < -0.3 is 0 Å². The van der Waals surface area contributed by atoms with Gasteiger partial charge >= 0.3 is 0 Å². The molecule has 2 N–H and O–H groups in total. The van der Waals surface area contributed by atoms with Gasteiger partial charge in [-0.25, -0.2) is 13.6 Å². The average Bonchev–Trinajstić information content (AvgIpc) is 1.79. The van der Waals surface area contributed by atoms with Gasteiger partial charge in [0, 0.05) is 5.38 Å². The molecule has 0 aromatic rings. The zero-order valence-electron chi connectivity index (χ0n) is 6.59. The molecule has 0 spiro atoms. The molecule has 0 saturated carbocycles. The number of hydrogen-bond acceptors (Lipinski definition) is 2. The molecule has 0 heterocycles. The number of unbranched alkanes of at least 4 members (excludes halogenated alkanes) is 1. The summed E-state index contributed by atoms with van der Waals surface area (Å²) in [7, 11) is -3.39. The molecule has 0 bridgehead atoms. The third kappa shape index (κ3) is 8.10. The van der Waals surface area contributed by atoms with Crippen LogP contribution in [0.15, 0.2) is 0 Å². The van der Waals surface area contributed by atoms with Crippen molar-refractivity contribution in [1.29, 1.82) is 0 Å². The molecule has 1 unspecified atom stereocenters. The van der Waals surface area contributed by atoms with Gasteiger partial charge in [0.2, 0.25) is 10.0 Å². The third-order valence-electron chi connectivity index (χ3n) is 1.28. The minimum atomic E-state index is -3.39. The highest BCUT2D eigenvalue weighted by atomic mass is 35.5. The van der Waals surface area contributed by atoms with Crippen molar-refractivity contribution in [1.82, 2.24) is 0 Å². The minimum absolute atomic E-state index is 0.117. The van der Waals surface area contributed by atoms with Gasteiger partial charge in [-0.05, 0) is 6.42 Å². The maximum absolute atomic E-state index is 10.5. The van der Waals surface area contributed by atoms with Crippen LogP contribution in [-0.2, 0) is 10.0 Å². The second kappa shape index (κ2) is 4.95. The Morgan fingerprint density at radius 1 is 1.55 bits per heavy atom. The first-order chi connectivity index (χ1) is 4.95. The highest BCUT2D eigenvalue weighted by Gasteiger charge is 2.11. The van der Waals surface area contributed by atoms with E-state index >= 15 is 0 Å². The molecule has 0 fully saturated rings. The molecule has 0 saturated heterocycles. The Hall–Kier alpha value is 0.200. The Morgan fingerprint density at radius 3 is 2.45 bits per heavy atom. The lowest BCUT2D eigenvalue weighted by Crippen LogP contribution is -2.23. The van der Waals surface area contributed by atoms with E-state index in [9.17, 15) is 8.42 Å². The quantitative estimate of drug-likeness (QED) is 0.674. The maximum Gasteiger partial charge on any atom is 0.210 e. The number of primary sulfonamides is 1. The van der Waals surface area contributed by atoms with Gasteiger partial charge in [0.05, 0.1) is 5.75 Å². The van der Waals surface area contributed by atoms with E-state index in [0.29, 0.717) is 6.42 Å². The zero-order valence-corrected chi connectivity index (χ0v) is 8.16. The summed E-state index contributed by atoms with van der Waals surface area (Å²) in [6, 6.07) is 0. The molecular weight excluding hydrogens is 186 g/mol. The van der Waals surface area contributed by atoms with Crippen LogP contribution in [0, 0.1) is 0 Å². The second-order valence-corrected chi connectivity index (χ2v) is 4.85. The molecule has 68 valence electrons. The molecule has 11 heavy (non-hydrogen) atoms. The van der Waals surface area contributed by atoms with Crippen LogP contribution in [0.25, 0.3) is 0 Å². The van der Waals surface area contributed by atoms with E-state index in [1.54, 1.807) is 0 Å². The summed E-state index contributed by atoms with van der Waals surface area (Å²) in [4.78, 5) is 0. The monoisotopic (exact) mass is 199 g/mol. The fourth-order valence-electron chi connectivity index (χ4n) is 0.761. The van der Waals surface area contributed by atoms with Gasteiger partial charge in [-0.2, -0.15) is 0 Å². The second-order valence-electron chi connectivity index (χ2n) is 2.57. The molecule has 0 aliphatic rings. The summed E-state index contributed by atoms with van der Waals surface area (Å²) in [5.74, 6) is -0.117. The number of sulfonamides is 1. The molecule has 0 aromatic heterocycles. The molecule has 1 atom stereocenters. The van der Waals surface area contributed by atoms with E-state index in [0.717, 1.165) is 12.8 Å². The largest absolute Gasteiger partial charge is 0.229 e. The molecule has 0 rings (SSSR count). The maximum atomic E-state index is 10.5. The van der Waals surface area contributed by atoms with Crippen molar-refractivity contribution >= 4 is 21.6 Å². The third-order valence-corrected chi connectivity index (χ3v) is 2.71. The molecule has 0 radical (unpaired) electrons. The van der Waals surface area contributed by atoms with Crippen molar-refractivity contribution < 1.29 is 8.42 Å². The molecule has 0 aliphatic heterocycles. The predicted octanol–water partition coefficient (Wildman–Crippen LogP) is 1.07. The average molecular weight is 200 g/mol. The van der Waals surface area contributed by atoms with Crippen LogP contribution >= 0.6 is 11.6 Å². The van der Waals surface area contributed by atoms with Gasteiger partial charge in [0.1, 0.15) is 0 Å². The van der Waals surface area contributed by atoms with Crippen LogP contribution in [0.4, 0.5) is 0 Å². The topological polar surface area (TPSA) is 60.2 Å². The molecule has 5 heteroatoms. The lowest BCUT2D eigenvalue weighted by molar-refractivity contribution is 0.591. The van der Waals surface area contributed by atoms with Crippen molar-refractivity contribution in [3.8, 4) is 0 Å². The van der Waals surface area contributed by atoms with E-state index < -0.39 is 10.0 Å². The molecule has 3 nitrogen and oxygen atoms in total. The van der Waals surface area contributed by atoms with E-state index in [1.807, 2.05) is 6.92 Å². The Kier molecular flexibility index (Phi) is 5.04. The first kappa shape index (κ1) is 11.2. The van der Waals surface area contributed by atoms with E-state index in [2.05, 4.69) is 0 Å². The number of alkyl halides is 1. The van der Waals surface area contributed by atoms with Crippen LogP contribution in [0.1, 0.15) is 26.2 Å². The lowest BCUT2D eigenvalue weighted by Gasteiger charge is -2.05. The summed E-state index contributed by atoms with van der Waals surface area (Å²) in [6.07, 6.45) is 2.69. The Bertz CT molecular complexity index is 191. The Morgan fingerprint density at radius 2 is 2.09 bits per heavy atom. The van der Waals surface area contributed by atoms with Gasteiger partial charge in [0.15, 0.2) is 0 Å². The minimum Gasteiger partial charge on any atom is -0.229 e. The fraction of sp³-hybridized carbons (Fsp3) is 1.00. The first-order valence-electron chi connectivity index (χ1n) is 3.60. The standard InChI is InChI=1S/C6H14ClNO2S/c1-2-3-4-6(7)5-11(8,9)10/h6H,2-5H2,1H3,(H2,8,9,10). The van der Waals surface area contributed by atoms with Gasteiger partial charge in [-0.3, -0.25) is 0 Å². The van der Waals surface area contributed by atoms with Gasteiger partial charge in [0.25, 0.3) is 0 Å². The number of nitrogens with two attached hydrogens (primary N) is 1. The Balaban J connectivity index is 3.61. The number of halogens is 1. The van der Waals surface area contributed by atoms with Crippen molar-refractivity contribution in [2.45, 2.75) is 31.6 Å². The van der Waals surface area contributed by atoms with Crippen molar-refractivity contribution in [3.05, 3.63) is 0 Å². The van der Waals surface area contributed by atoms with Gasteiger partial charge in [-0.1, -0.05) is 19.8 Å². The van der Waals surface area contributed by atoms with E-state index in [-0.39, 0.29) is 11.1 Å². The smallest absolute Gasteiger partial charge is 0.210 e. The van der Waals surface area contributed by atoms with Crippen molar-refractivity contribution in [3.63, 3.8) is 0 Å². The van der Waals surface area contributed by atoms with Crippen LogP contribution in [0.2, 0.25) is 0 Å². The zero-order chi connectivity index (χ0) is 8.91. The summed E-state index contributed by atoms with van der Waals surface area (Å²) < 4.78 is 21.0. The van der Waals surface area contributed by atoms with E-state index in [1.165, 1.54) is 0 Å². The van der Waals surface area contributed by atoms with Crippen molar-refractivity contribution in [2.24, 2.45) is 5.14 Å². The van der Waals surface area contributed by atoms with Crippen LogP contribution < -0.4 is 5.14 Å². The van der Waals surface area contributed by atoms with Crippen molar-refractivity contribution in [2.75, 3.05) is 5.75 Å². The van der Waals surface area contributed by atoms with E-state index in [4.69, 9.17) is 16.7 Å². The summed E-state index contributed by atoms with van der Waals surface area (Å²) in [5.41, 5.74) is 0. The first-order valence-corrected chi connectivity index (χ1v) is 5.75. The fourth-order valence-corrected chi connectivity index (χ4v) is 2.11. The van der Waals surface area contributed by atoms with Crippen LogP contribution in [-0.4, -0.2) is 19.5 Å². The van der Waals surface area contributed by atoms with Crippen LogP contribution in [0.3, 0.4) is 0 Å².